The molecular weight excluding hydrogens is 222 g/mol. The molecule has 3 heteroatoms. The highest BCUT2D eigenvalue weighted by Gasteiger charge is 2.22. The van der Waals surface area contributed by atoms with Crippen LogP contribution in [0.1, 0.15) is 46.0 Å². The summed E-state index contributed by atoms with van der Waals surface area (Å²) in [6.45, 7) is 9.58. The minimum absolute atomic E-state index is 0.693. The SMILES string of the molecule is CCCNC(C)CCCCN1CCC(N(C)C)C1. The number of rotatable bonds is 9. The fraction of sp³-hybridized carbons (Fsp3) is 1.00. The quantitative estimate of drug-likeness (QED) is 0.637. The predicted molar refractivity (Wildman–Crippen MR) is 80.1 cm³/mol. The summed E-state index contributed by atoms with van der Waals surface area (Å²) in [5.74, 6) is 0. The van der Waals surface area contributed by atoms with Gasteiger partial charge in [0.05, 0.1) is 0 Å². The number of likely N-dealkylation sites (tertiary alicyclic amines) is 1. The molecule has 2 atom stereocenters. The first-order valence-corrected chi connectivity index (χ1v) is 7.75. The highest BCUT2D eigenvalue weighted by Crippen LogP contribution is 2.14. The van der Waals surface area contributed by atoms with Crippen molar-refractivity contribution in [1.82, 2.24) is 15.1 Å². The number of hydrogen-bond donors (Lipinski definition) is 1. The van der Waals surface area contributed by atoms with Crippen LogP contribution in [0, 0.1) is 0 Å². The van der Waals surface area contributed by atoms with Crippen molar-refractivity contribution in [3.05, 3.63) is 0 Å². The van der Waals surface area contributed by atoms with E-state index in [1.165, 1.54) is 51.7 Å². The molecule has 18 heavy (non-hydrogen) atoms. The van der Waals surface area contributed by atoms with Gasteiger partial charge >= 0.3 is 0 Å². The minimum Gasteiger partial charge on any atom is -0.314 e. The molecule has 3 nitrogen and oxygen atoms in total. The first-order valence-electron chi connectivity index (χ1n) is 7.75. The van der Waals surface area contributed by atoms with Crippen LogP contribution in [0.2, 0.25) is 0 Å². The van der Waals surface area contributed by atoms with Gasteiger partial charge in [-0.15, -0.1) is 0 Å². The minimum atomic E-state index is 0.693. The second kappa shape index (κ2) is 8.89. The van der Waals surface area contributed by atoms with E-state index in [4.69, 9.17) is 0 Å². The van der Waals surface area contributed by atoms with Crippen molar-refractivity contribution >= 4 is 0 Å². The van der Waals surface area contributed by atoms with Gasteiger partial charge < -0.3 is 15.1 Å². The van der Waals surface area contributed by atoms with E-state index in [0.717, 1.165) is 12.6 Å². The van der Waals surface area contributed by atoms with Crippen molar-refractivity contribution in [2.45, 2.75) is 58.0 Å². The number of nitrogens with zero attached hydrogens (tertiary/aromatic N) is 2. The molecule has 1 aliphatic rings. The fourth-order valence-corrected chi connectivity index (χ4v) is 2.72. The fourth-order valence-electron chi connectivity index (χ4n) is 2.72. The van der Waals surface area contributed by atoms with Crippen LogP contribution < -0.4 is 5.32 Å². The van der Waals surface area contributed by atoms with Gasteiger partial charge in [-0.1, -0.05) is 13.3 Å². The van der Waals surface area contributed by atoms with Gasteiger partial charge in [-0.2, -0.15) is 0 Å². The highest BCUT2D eigenvalue weighted by molar-refractivity contribution is 4.80. The molecular formula is C15H33N3. The molecule has 0 saturated carbocycles. The lowest BCUT2D eigenvalue weighted by atomic mass is 10.1. The molecule has 0 spiro atoms. The van der Waals surface area contributed by atoms with Gasteiger partial charge in [-0.3, -0.25) is 0 Å². The molecule has 0 aromatic carbocycles. The average Bonchev–Trinajstić information content (AvgIpc) is 2.81. The van der Waals surface area contributed by atoms with Gasteiger partial charge in [0.2, 0.25) is 0 Å². The average molecular weight is 255 g/mol. The Kier molecular flexibility index (Phi) is 7.87. The van der Waals surface area contributed by atoms with Crippen molar-refractivity contribution in [3.63, 3.8) is 0 Å². The maximum Gasteiger partial charge on any atom is 0.0229 e. The van der Waals surface area contributed by atoms with Crippen molar-refractivity contribution in [2.75, 3.05) is 40.3 Å². The molecule has 0 aliphatic carbocycles. The Hall–Kier alpha value is -0.120. The molecule has 0 bridgehead atoms. The van der Waals surface area contributed by atoms with Gasteiger partial charge in [0, 0.05) is 18.6 Å². The van der Waals surface area contributed by atoms with Crippen molar-refractivity contribution < 1.29 is 0 Å². The summed E-state index contributed by atoms with van der Waals surface area (Å²) in [6, 6.07) is 1.48. The number of likely N-dealkylation sites (N-methyl/N-ethyl adjacent to an activating group) is 1. The molecule has 0 radical (unpaired) electrons. The Morgan fingerprint density at radius 2 is 2.11 bits per heavy atom. The standard InChI is InChI=1S/C15H33N3/c1-5-10-16-14(2)8-6-7-11-18-12-9-15(13-18)17(3)4/h14-16H,5-13H2,1-4H3. The summed E-state index contributed by atoms with van der Waals surface area (Å²) in [4.78, 5) is 5.01. The first kappa shape index (κ1) is 15.9. The van der Waals surface area contributed by atoms with Crippen LogP contribution in [0.3, 0.4) is 0 Å². The van der Waals surface area contributed by atoms with E-state index in [9.17, 15) is 0 Å². The second-order valence-corrected chi connectivity index (χ2v) is 6.06. The molecule has 1 rings (SSSR count). The molecule has 108 valence electrons. The Morgan fingerprint density at radius 1 is 1.33 bits per heavy atom. The van der Waals surface area contributed by atoms with Crippen LogP contribution >= 0.6 is 0 Å². The molecule has 0 amide bonds. The summed E-state index contributed by atoms with van der Waals surface area (Å²) in [6.07, 6.45) is 6.63. The van der Waals surface area contributed by atoms with E-state index in [1.807, 2.05) is 0 Å². The number of unbranched alkanes of at least 4 members (excludes halogenated alkanes) is 1. The van der Waals surface area contributed by atoms with E-state index in [0.29, 0.717) is 6.04 Å². The molecule has 1 heterocycles. The van der Waals surface area contributed by atoms with Gasteiger partial charge in [0.25, 0.3) is 0 Å². The molecule has 1 N–H and O–H groups in total. The van der Waals surface area contributed by atoms with E-state index in [1.54, 1.807) is 0 Å². The molecule has 1 fully saturated rings. The lowest BCUT2D eigenvalue weighted by Gasteiger charge is -2.20. The zero-order chi connectivity index (χ0) is 13.4. The van der Waals surface area contributed by atoms with Crippen molar-refractivity contribution in [1.29, 1.82) is 0 Å². The third-order valence-corrected chi connectivity index (χ3v) is 4.08. The van der Waals surface area contributed by atoms with Crippen LogP contribution in [-0.2, 0) is 0 Å². The zero-order valence-corrected chi connectivity index (χ0v) is 12.9. The van der Waals surface area contributed by atoms with Crippen LogP contribution in [0.5, 0.6) is 0 Å². The Morgan fingerprint density at radius 3 is 2.72 bits per heavy atom. The third-order valence-electron chi connectivity index (χ3n) is 4.08. The predicted octanol–water partition coefficient (Wildman–Crippen LogP) is 2.18. The largest absolute Gasteiger partial charge is 0.314 e. The van der Waals surface area contributed by atoms with Crippen LogP contribution in [0.25, 0.3) is 0 Å². The summed E-state index contributed by atoms with van der Waals surface area (Å²) in [7, 11) is 4.41. The third kappa shape index (κ3) is 6.17. The molecule has 0 aromatic heterocycles. The van der Waals surface area contributed by atoms with Gasteiger partial charge in [0.15, 0.2) is 0 Å². The molecule has 1 aliphatic heterocycles. The summed E-state index contributed by atoms with van der Waals surface area (Å²) >= 11 is 0. The first-order chi connectivity index (χ1) is 8.63. The normalized spacial score (nSPS) is 22.8. The zero-order valence-electron chi connectivity index (χ0n) is 12.9. The van der Waals surface area contributed by atoms with Crippen LogP contribution in [0.15, 0.2) is 0 Å². The Bertz CT molecular complexity index is 206. The Labute approximate surface area is 114 Å². The maximum atomic E-state index is 3.56. The van der Waals surface area contributed by atoms with Gasteiger partial charge in [-0.25, -0.2) is 0 Å². The summed E-state index contributed by atoms with van der Waals surface area (Å²) < 4.78 is 0. The lowest BCUT2D eigenvalue weighted by Crippen LogP contribution is -2.32. The monoisotopic (exact) mass is 255 g/mol. The van der Waals surface area contributed by atoms with Crippen LogP contribution in [0.4, 0.5) is 0 Å². The van der Waals surface area contributed by atoms with E-state index in [-0.39, 0.29) is 0 Å². The van der Waals surface area contributed by atoms with E-state index < -0.39 is 0 Å². The van der Waals surface area contributed by atoms with Crippen molar-refractivity contribution in [3.8, 4) is 0 Å². The van der Waals surface area contributed by atoms with E-state index >= 15 is 0 Å². The summed E-state index contributed by atoms with van der Waals surface area (Å²) in [5.41, 5.74) is 0. The van der Waals surface area contributed by atoms with Gasteiger partial charge in [0.1, 0.15) is 0 Å². The molecule has 2 unspecified atom stereocenters. The highest BCUT2D eigenvalue weighted by atomic mass is 15.2. The lowest BCUT2D eigenvalue weighted by molar-refractivity contribution is 0.264. The second-order valence-electron chi connectivity index (χ2n) is 6.06. The molecule has 0 aromatic rings. The smallest absolute Gasteiger partial charge is 0.0229 e. The molecule has 1 saturated heterocycles. The number of nitrogens with one attached hydrogen (secondary N) is 1. The summed E-state index contributed by atoms with van der Waals surface area (Å²) in [5, 5.41) is 3.56. The maximum absolute atomic E-state index is 3.56. The van der Waals surface area contributed by atoms with Crippen molar-refractivity contribution in [2.24, 2.45) is 0 Å². The number of hydrogen-bond acceptors (Lipinski definition) is 3. The Balaban J connectivity index is 1.98. The van der Waals surface area contributed by atoms with Gasteiger partial charge in [-0.05, 0) is 66.3 Å². The topological polar surface area (TPSA) is 18.5 Å². The van der Waals surface area contributed by atoms with E-state index in [2.05, 4.69) is 43.1 Å². The van der Waals surface area contributed by atoms with Crippen LogP contribution in [-0.4, -0.2) is 62.2 Å².